The number of aryl methyl sites for hydroxylation is 1. The predicted octanol–water partition coefficient (Wildman–Crippen LogP) is 3.29. The third kappa shape index (κ3) is 1.85. The van der Waals surface area contributed by atoms with Crippen molar-refractivity contribution in [3.8, 4) is 0 Å². The number of hydrogen-bond donors (Lipinski definition) is 1. The first-order chi connectivity index (χ1) is 7.34. The van der Waals surface area contributed by atoms with Crippen LogP contribution >= 0.6 is 12.2 Å². The van der Waals surface area contributed by atoms with E-state index in [1.54, 1.807) is 0 Å². The molecule has 0 aliphatic heterocycles. The second-order valence-corrected chi connectivity index (χ2v) is 5.11. The molecule has 1 fully saturated rings. The van der Waals surface area contributed by atoms with Crippen molar-refractivity contribution < 1.29 is 0 Å². The largest absolute Gasteiger partial charge is 0.347 e. The number of aromatic amines is 1. The fourth-order valence-electron chi connectivity index (χ4n) is 2.37. The Kier molecular flexibility index (Phi) is 2.35. The molecule has 0 atom stereocenters. The molecule has 3 rings (SSSR count). The van der Waals surface area contributed by atoms with E-state index < -0.39 is 0 Å². The highest BCUT2D eigenvalue weighted by molar-refractivity contribution is 7.71. The van der Waals surface area contributed by atoms with E-state index in [9.17, 15) is 0 Å². The molecule has 0 radical (unpaired) electrons. The number of fused-ring (bicyclic) bond motifs is 1. The van der Waals surface area contributed by atoms with Gasteiger partial charge in [0.25, 0.3) is 0 Å². The molecule has 80 valence electrons. The summed E-state index contributed by atoms with van der Waals surface area (Å²) in [6, 6.07) is 0. The number of aromatic nitrogens is 2. The summed E-state index contributed by atoms with van der Waals surface area (Å²) in [5.74, 6) is 1.83. The molecule has 2 nitrogen and oxygen atoms in total. The second-order valence-electron chi connectivity index (χ2n) is 4.72. The molecule has 15 heavy (non-hydrogen) atoms. The zero-order chi connectivity index (χ0) is 10.3. The van der Waals surface area contributed by atoms with E-state index in [2.05, 4.69) is 9.97 Å². The highest BCUT2D eigenvalue weighted by atomic mass is 32.1. The minimum absolute atomic E-state index is 0.681. The molecular weight excluding hydrogens is 204 g/mol. The maximum atomic E-state index is 5.40. The van der Waals surface area contributed by atoms with Crippen LogP contribution in [-0.2, 0) is 12.8 Å². The van der Waals surface area contributed by atoms with Crippen LogP contribution in [0.2, 0.25) is 0 Å². The summed E-state index contributed by atoms with van der Waals surface area (Å²) in [6.07, 6.45) is 8.77. The normalized spacial score (nSPS) is 20.8. The van der Waals surface area contributed by atoms with Crippen LogP contribution in [0.4, 0.5) is 0 Å². The number of rotatable bonds is 1. The topological polar surface area (TPSA) is 28.7 Å². The van der Waals surface area contributed by atoms with Gasteiger partial charge in [-0.15, -0.1) is 0 Å². The van der Waals surface area contributed by atoms with Gasteiger partial charge in [-0.2, -0.15) is 0 Å². The molecule has 0 saturated heterocycles. The van der Waals surface area contributed by atoms with Gasteiger partial charge in [-0.3, -0.25) is 0 Å². The minimum atomic E-state index is 0.681. The van der Waals surface area contributed by atoms with Crippen molar-refractivity contribution in [1.82, 2.24) is 9.97 Å². The SMILES string of the molecule is S=c1nc(C2CC2)[nH]c2c1CCCCC2. The Hall–Kier alpha value is -0.700. The van der Waals surface area contributed by atoms with E-state index in [-0.39, 0.29) is 0 Å². The van der Waals surface area contributed by atoms with Crippen molar-refractivity contribution in [3.05, 3.63) is 21.7 Å². The van der Waals surface area contributed by atoms with Gasteiger partial charge in [0.1, 0.15) is 10.5 Å². The summed E-state index contributed by atoms with van der Waals surface area (Å²) in [7, 11) is 0. The monoisotopic (exact) mass is 220 g/mol. The molecule has 1 aromatic heterocycles. The zero-order valence-electron chi connectivity index (χ0n) is 8.88. The summed E-state index contributed by atoms with van der Waals surface area (Å²) in [4.78, 5) is 8.08. The molecular formula is C12H16N2S. The van der Waals surface area contributed by atoms with Crippen molar-refractivity contribution in [2.24, 2.45) is 0 Å². The molecule has 1 N–H and O–H groups in total. The maximum absolute atomic E-state index is 5.40. The van der Waals surface area contributed by atoms with E-state index in [0.29, 0.717) is 5.92 Å². The van der Waals surface area contributed by atoms with Crippen LogP contribution in [0, 0.1) is 4.64 Å². The molecule has 1 aromatic rings. The lowest BCUT2D eigenvalue weighted by Crippen LogP contribution is -2.03. The quantitative estimate of drug-likeness (QED) is 0.581. The van der Waals surface area contributed by atoms with Gasteiger partial charge in [-0.1, -0.05) is 18.6 Å². The van der Waals surface area contributed by atoms with Crippen LogP contribution < -0.4 is 0 Å². The average Bonchev–Trinajstić information content (AvgIpc) is 3.04. The van der Waals surface area contributed by atoms with Gasteiger partial charge in [-0.25, -0.2) is 4.98 Å². The first kappa shape index (κ1) is 9.52. The van der Waals surface area contributed by atoms with Crippen molar-refractivity contribution in [2.45, 2.75) is 50.9 Å². The molecule has 0 aromatic carbocycles. The molecule has 3 heteroatoms. The highest BCUT2D eigenvalue weighted by Crippen LogP contribution is 2.38. The molecule has 2 aliphatic carbocycles. The van der Waals surface area contributed by atoms with Crippen molar-refractivity contribution in [2.75, 3.05) is 0 Å². The number of nitrogens with zero attached hydrogens (tertiary/aromatic N) is 1. The summed E-state index contributed by atoms with van der Waals surface area (Å²) in [5, 5.41) is 0. The Morgan fingerprint density at radius 2 is 1.93 bits per heavy atom. The first-order valence-electron chi connectivity index (χ1n) is 5.96. The van der Waals surface area contributed by atoms with Crippen molar-refractivity contribution in [1.29, 1.82) is 0 Å². The average molecular weight is 220 g/mol. The smallest absolute Gasteiger partial charge is 0.133 e. The third-order valence-electron chi connectivity index (χ3n) is 3.44. The fraction of sp³-hybridized carbons (Fsp3) is 0.667. The Balaban J connectivity index is 2.07. The maximum Gasteiger partial charge on any atom is 0.133 e. The van der Waals surface area contributed by atoms with Crippen LogP contribution in [0.15, 0.2) is 0 Å². The van der Waals surface area contributed by atoms with Gasteiger partial charge in [0.15, 0.2) is 0 Å². The number of H-pyrrole nitrogens is 1. The summed E-state index contributed by atoms with van der Waals surface area (Å²) >= 11 is 5.40. The van der Waals surface area contributed by atoms with E-state index in [4.69, 9.17) is 12.2 Å². The van der Waals surface area contributed by atoms with Gasteiger partial charge in [0.05, 0.1) is 0 Å². The van der Waals surface area contributed by atoms with Gasteiger partial charge in [-0.05, 0) is 38.5 Å². The Morgan fingerprint density at radius 3 is 2.73 bits per heavy atom. The summed E-state index contributed by atoms with van der Waals surface area (Å²) < 4.78 is 0.868. The molecule has 1 heterocycles. The van der Waals surface area contributed by atoms with Gasteiger partial charge >= 0.3 is 0 Å². The van der Waals surface area contributed by atoms with Crippen molar-refractivity contribution >= 4 is 12.2 Å². The Labute approximate surface area is 95.1 Å². The summed E-state index contributed by atoms with van der Waals surface area (Å²) in [5.41, 5.74) is 2.71. The highest BCUT2D eigenvalue weighted by Gasteiger charge is 2.27. The Morgan fingerprint density at radius 1 is 1.13 bits per heavy atom. The number of nitrogens with one attached hydrogen (secondary N) is 1. The van der Waals surface area contributed by atoms with E-state index >= 15 is 0 Å². The lowest BCUT2D eigenvalue weighted by atomic mass is 10.1. The fourth-order valence-corrected chi connectivity index (χ4v) is 2.69. The summed E-state index contributed by atoms with van der Waals surface area (Å²) in [6.45, 7) is 0. The molecule has 0 bridgehead atoms. The predicted molar refractivity (Wildman–Crippen MR) is 62.7 cm³/mol. The standard InChI is InChI=1S/C12H16N2S/c15-12-9-4-2-1-3-5-10(9)13-11(14-12)8-6-7-8/h8H,1-7H2,(H,13,14,15). The second kappa shape index (κ2) is 3.71. The Bertz CT molecular complexity index is 432. The first-order valence-corrected chi connectivity index (χ1v) is 6.37. The molecule has 0 amide bonds. The van der Waals surface area contributed by atoms with Crippen LogP contribution in [0.5, 0.6) is 0 Å². The molecule has 0 unspecified atom stereocenters. The molecule has 2 aliphatic rings. The van der Waals surface area contributed by atoms with Gasteiger partial charge in [0.2, 0.25) is 0 Å². The number of hydrogen-bond acceptors (Lipinski definition) is 2. The van der Waals surface area contributed by atoms with E-state index in [1.807, 2.05) is 0 Å². The van der Waals surface area contributed by atoms with Crippen LogP contribution in [0.1, 0.15) is 55.1 Å². The van der Waals surface area contributed by atoms with Crippen molar-refractivity contribution in [3.63, 3.8) is 0 Å². The van der Waals surface area contributed by atoms with Gasteiger partial charge < -0.3 is 4.98 Å². The van der Waals surface area contributed by atoms with Crippen LogP contribution in [0.3, 0.4) is 0 Å². The van der Waals surface area contributed by atoms with Gasteiger partial charge in [0, 0.05) is 17.2 Å². The lowest BCUT2D eigenvalue weighted by Gasteiger charge is -2.08. The van der Waals surface area contributed by atoms with Crippen LogP contribution in [-0.4, -0.2) is 9.97 Å². The minimum Gasteiger partial charge on any atom is -0.347 e. The lowest BCUT2D eigenvalue weighted by molar-refractivity contribution is 0.708. The third-order valence-corrected chi connectivity index (χ3v) is 3.78. The van der Waals surface area contributed by atoms with Crippen LogP contribution in [0.25, 0.3) is 0 Å². The molecule has 0 spiro atoms. The molecule has 1 saturated carbocycles. The van der Waals surface area contributed by atoms with E-state index in [0.717, 1.165) is 16.9 Å². The van der Waals surface area contributed by atoms with E-state index in [1.165, 1.54) is 49.8 Å². The zero-order valence-corrected chi connectivity index (χ0v) is 9.70.